The molecule has 0 amide bonds. The van der Waals surface area contributed by atoms with Crippen molar-refractivity contribution in [2.75, 3.05) is 18.0 Å². The van der Waals surface area contributed by atoms with Crippen LogP contribution in [0.15, 0.2) is 23.0 Å². The van der Waals surface area contributed by atoms with Crippen LogP contribution in [0.2, 0.25) is 0 Å². The van der Waals surface area contributed by atoms with Crippen molar-refractivity contribution in [3.05, 3.63) is 34.2 Å². The van der Waals surface area contributed by atoms with Crippen LogP contribution in [0.1, 0.15) is 64.1 Å². The van der Waals surface area contributed by atoms with Crippen LogP contribution in [0.3, 0.4) is 0 Å². The Morgan fingerprint density at radius 2 is 1.91 bits per heavy atom. The fraction of sp³-hybridized carbons (Fsp3) is 0.500. The van der Waals surface area contributed by atoms with Gasteiger partial charge < -0.3 is 4.90 Å². The lowest BCUT2D eigenvalue weighted by atomic mass is 10.0. The summed E-state index contributed by atoms with van der Waals surface area (Å²) in [7, 11) is -1.20. The summed E-state index contributed by atoms with van der Waals surface area (Å²) in [5.74, 6) is 1.42. The first-order chi connectivity index (χ1) is 16.2. The van der Waals surface area contributed by atoms with Gasteiger partial charge in [0.05, 0.1) is 26.8 Å². The number of hydrogen-bond acceptors (Lipinski definition) is 7. The summed E-state index contributed by atoms with van der Waals surface area (Å²) < 4.78 is 17.7. The molecule has 3 aromatic heterocycles. The molecular formula is C24H31N7OS2. The lowest BCUT2D eigenvalue weighted by Crippen LogP contribution is -2.35. The van der Waals surface area contributed by atoms with Gasteiger partial charge in [-0.25, -0.2) is 23.9 Å². The van der Waals surface area contributed by atoms with E-state index in [1.807, 2.05) is 30.7 Å². The Labute approximate surface area is 206 Å². The van der Waals surface area contributed by atoms with E-state index in [1.54, 1.807) is 5.51 Å². The minimum atomic E-state index is -1.20. The molecule has 10 heteroatoms. The number of nitrogens with zero attached hydrogens (tertiary/aromatic N) is 6. The number of rotatable bonds is 5. The van der Waals surface area contributed by atoms with Crippen LogP contribution in [0.4, 0.5) is 5.95 Å². The van der Waals surface area contributed by atoms with Crippen LogP contribution in [0.25, 0.3) is 28.1 Å². The zero-order valence-electron chi connectivity index (χ0n) is 20.3. The average Bonchev–Trinajstić information content (AvgIpc) is 3.48. The van der Waals surface area contributed by atoms with Gasteiger partial charge in [-0.3, -0.25) is 0 Å². The van der Waals surface area contributed by atoms with Gasteiger partial charge in [0, 0.05) is 29.9 Å². The Balaban J connectivity index is 1.73. The number of nitrogens with one attached hydrogen (secondary N) is 1. The predicted octanol–water partition coefficient (Wildman–Crippen LogP) is 4.81. The van der Waals surface area contributed by atoms with E-state index >= 15 is 0 Å². The van der Waals surface area contributed by atoms with E-state index in [-0.39, 0.29) is 10.8 Å². The first kappa shape index (κ1) is 23.3. The summed E-state index contributed by atoms with van der Waals surface area (Å²) in [5, 5.41) is 7.76. The highest BCUT2D eigenvalue weighted by Gasteiger charge is 2.26. The lowest BCUT2D eigenvalue weighted by molar-refractivity contribution is 0.563. The Hall–Kier alpha value is -2.43. The molecule has 5 rings (SSSR count). The number of aryl methyl sites for hydroxylation is 1. The van der Waals surface area contributed by atoms with E-state index in [9.17, 15) is 4.21 Å². The molecule has 4 aromatic rings. The van der Waals surface area contributed by atoms with Gasteiger partial charge in [-0.15, -0.1) is 16.4 Å². The van der Waals surface area contributed by atoms with E-state index in [0.29, 0.717) is 5.82 Å². The predicted molar refractivity (Wildman–Crippen MR) is 140 cm³/mol. The summed E-state index contributed by atoms with van der Waals surface area (Å²) in [6.45, 7) is 11.9. The summed E-state index contributed by atoms with van der Waals surface area (Å²) in [6, 6.07) is 4.11. The maximum absolute atomic E-state index is 12.9. The maximum atomic E-state index is 12.9. The minimum absolute atomic E-state index is 0.146. The Kier molecular flexibility index (Phi) is 6.16. The zero-order valence-corrected chi connectivity index (χ0v) is 22.0. The van der Waals surface area contributed by atoms with E-state index in [0.717, 1.165) is 65.3 Å². The van der Waals surface area contributed by atoms with Gasteiger partial charge in [-0.2, -0.15) is 4.52 Å². The third-order valence-electron chi connectivity index (χ3n) is 6.14. The Morgan fingerprint density at radius 3 is 2.59 bits per heavy atom. The normalized spacial score (nSPS) is 16.9. The molecule has 1 saturated heterocycles. The van der Waals surface area contributed by atoms with Crippen molar-refractivity contribution in [1.29, 1.82) is 0 Å². The molecule has 0 spiro atoms. The molecule has 1 aliphatic heterocycles. The number of hydrogen-bond donors (Lipinski definition) is 1. The van der Waals surface area contributed by atoms with Crippen molar-refractivity contribution in [1.82, 2.24) is 29.3 Å². The van der Waals surface area contributed by atoms with Crippen molar-refractivity contribution < 1.29 is 4.21 Å². The largest absolute Gasteiger partial charge is 0.341 e. The van der Waals surface area contributed by atoms with Gasteiger partial charge >= 0.3 is 0 Å². The van der Waals surface area contributed by atoms with Crippen LogP contribution in [0.5, 0.6) is 0 Å². The van der Waals surface area contributed by atoms with Crippen molar-refractivity contribution >= 4 is 44.8 Å². The molecule has 1 aromatic carbocycles. The van der Waals surface area contributed by atoms with Crippen LogP contribution >= 0.6 is 11.3 Å². The van der Waals surface area contributed by atoms with Crippen LogP contribution in [-0.2, 0) is 11.0 Å². The molecule has 1 N–H and O–H groups in total. The number of aromatic nitrogens is 5. The quantitative estimate of drug-likeness (QED) is 0.426. The van der Waals surface area contributed by atoms with Crippen LogP contribution < -0.4 is 9.62 Å². The molecule has 34 heavy (non-hydrogen) atoms. The number of piperidine rings is 1. The molecule has 0 saturated carbocycles. The monoisotopic (exact) mass is 497 g/mol. The van der Waals surface area contributed by atoms with Crippen molar-refractivity contribution in [3.63, 3.8) is 0 Å². The van der Waals surface area contributed by atoms with Gasteiger partial charge in [-0.1, -0.05) is 6.07 Å². The van der Waals surface area contributed by atoms with Crippen molar-refractivity contribution in [2.24, 2.45) is 0 Å². The molecule has 0 unspecified atom stereocenters. The zero-order chi connectivity index (χ0) is 24.0. The van der Waals surface area contributed by atoms with E-state index < -0.39 is 11.0 Å². The fourth-order valence-electron chi connectivity index (χ4n) is 4.34. The van der Waals surface area contributed by atoms with E-state index in [4.69, 9.17) is 15.1 Å². The fourth-order valence-corrected chi connectivity index (χ4v) is 5.67. The third-order valence-corrected chi connectivity index (χ3v) is 8.41. The molecular weight excluding hydrogens is 466 g/mol. The maximum Gasteiger partial charge on any atom is 0.229 e. The number of thiazole rings is 1. The first-order valence-corrected chi connectivity index (χ1v) is 13.8. The Bertz CT molecular complexity index is 1350. The highest BCUT2D eigenvalue weighted by Crippen LogP contribution is 2.32. The molecule has 8 nitrogen and oxygen atoms in total. The highest BCUT2D eigenvalue weighted by molar-refractivity contribution is 7.84. The van der Waals surface area contributed by atoms with Gasteiger partial charge in [-0.05, 0) is 71.1 Å². The van der Waals surface area contributed by atoms with Crippen molar-refractivity contribution in [2.45, 2.75) is 64.7 Å². The van der Waals surface area contributed by atoms with E-state index in [2.05, 4.69) is 40.6 Å². The molecule has 0 aliphatic carbocycles. The van der Waals surface area contributed by atoms with Crippen LogP contribution in [-0.4, -0.2) is 46.6 Å². The molecule has 1 aliphatic rings. The van der Waals surface area contributed by atoms with Gasteiger partial charge in [0.25, 0.3) is 0 Å². The molecule has 2 atom stereocenters. The van der Waals surface area contributed by atoms with Gasteiger partial charge in [0.2, 0.25) is 11.8 Å². The number of benzene rings is 1. The molecule has 0 bridgehead atoms. The van der Waals surface area contributed by atoms with Gasteiger partial charge in [0.15, 0.2) is 5.65 Å². The second-order valence-electron chi connectivity index (χ2n) is 9.97. The molecule has 180 valence electrons. The van der Waals surface area contributed by atoms with Crippen molar-refractivity contribution in [3.8, 4) is 11.5 Å². The molecule has 1 fully saturated rings. The summed E-state index contributed by atoms with van der Waals surface area (Å²) in [6.07, 6.45) is 3.51. The summed E-state index contributed by atoms with van der Waals surface area (Å²) >= 11 is 1.53. The first-order valence-electron chi connectivity index (χ1n) is 11.7. The van der Waals surface area contributed by atoms with Gasteiger partial charge in [0.1, 0.15) is 5.69 Å². The van der Waals surface area contributed by atoms with Crippen LogP contribution in [0, 0.1) is 6.92 Å². The third kappa shape index (κ3) is 4.34. The topological polar surface area (TPSA) is 88.3 Å². The average molecular weight is 498 g/mol. The minimum Gasteiger partial charge on any atom is -0.341 e. The number of fused-ring (bicyclic) bond motifs is 3. The summed E-state index contributed by atoms with van der Waals surface area (Å²) in [4.78, 5) is 16.8. The lowest BCUT2D eigenvalue weighted by Gasteiger charge is -2.28. The molecule has 4 heterocycles. The molecule has 0 radical (unpaired) electrons. The Morgan fingerprint density at radius 1 is 1.15 bits per heavy atom. The standard InChI is InChI=1S/C24H31N7OS2/c1-15-11-17(16(2)29-34(32)24(3,4)5)20-18(12-15)22-27-21(19-13-33-14-25-19)28-31(22)23(26-20)30-9-7-6-8-10-30/h11-14,16,29H,6-10H2,1-5H3/t16-,34-/m1/s1. The number of anilines is 1. The SMILES string of the molecule is Cc1cc([C@@H](C)N[S@](=O)C(C)(C)C)c2nc(N3CCCCC3)n3nc(-c4cscn4)nc3c2c1. The second kappa shape index (κ2) is 8.98. The smallest absolute Gasteiger partial charge is 0.229 e. The second-order valence-corrected chi connectivity index (χ2v) is 12.7. The van der Waals surface area contributed by atoms with E-state index in [1.165, 1.54) is 17.8 Å². The summed E-state index contributed by atoms with van der Waals surface area (Å²) in [5.41, 5.74) is 6.35. The highest BCUT2D eigenvalue weighted by atomic mass is 32.2.